The number of aromatic nitrogens is 4. The van der Waals surface area contributed by atoms with Gasteiger partial charge in [-0.05, 0) is 77.9 Å². The number of furan rings is 1. The molecule has 0 aliphatic carbocycles. The van der Waals surface area contributed by atoms with Crippen LogP contribution in [0.4, 0.5) is 0 Å². The molecular formula is C52H32N4O. The molecule has 8 aromatic carbocycles. The van der Waals surface area contributed by atoms with E-state index in [-0.39, 0.29) is 0 Å². The maximum Gasteiger partial charge on any atom is 0.235 e. The van der Waals surface area contributed by atoms with Crippen LogP contribution in [0, 0.1) is 0 Å². The number of benzene rings is 8. The molecule has 5 heteroatoms. The molecule has 4 aromatic heterocycles. The lowest BCUT2D eigenvalue weighted by molar-refractivity contribution is 0.673. The third-order valence-corrected chi connectivity index (χ3v) is 11.3. The van der Waals surface area contributed by atoms with Crippen LogP contribution in [0.1, 0.15) is 0 Å². The fraction of sp³-hybridized carbons (Fsp3) is 0. The van der Waals surface area contributed by atoms with E-state index in [2.05, 4.69) is 179 Å². The summed E-state index contributed by atoms with van der Waals surface area (Å²) in [6.45, 7) is 0. The van der Waals surface area contributed by atoms with Crippen LogP contribution < -0.4 is 0 Å². The van der Waals surface area contributed by atoms with Gasteiger partial charge in [-0.1, -0.05) is 127 Å². The van der Waals surface area contributed by atoms with Gasteiger partial charge in [0.15, 0.2) is 0 Å². The van der Waals surface area contributed by atoms with Gasteiger partial charge >= 0.3 is 0 Å². The molecule has 12 rings (SSSR count). The monoisotopic (exact) mass is 728 g/mol. The van der Waals surface area contributed by atoms with Gasteiger partial charge in [0.05, 0.1) is 38.8 Å². The van der Waals surface area contributed by atoms with Crippen molar-refractivity contribution in [1.29, 1.82) is 0 Å². The molecule has 57 heavy (non-hydrogen) atoms. The highest BCUT2D eigenvalue weighted by Crippen LogP contribution is 2.43. The standard InChI is InChI=1S/C52H32N4O/c1-4-14-33(15-5-1)43-32-44(34-16-6-2-7-17-34)54-52(53-43)56-47-28-25-36(31-42(47)50-48(56)29-26-40-39-21-11-13-23-49(39)57-51(40)50)35-24-27-46-41(30-35)38-20-10-12-22-45(38)55(46)37-18-8-3-9-19-37/h1-32H. The lowest BCUT2D eigenvalue weighted by Gasteiger charge is -2.12. The molecule has 0 spiro atoms. The van der Waals surface area contributed by atoms with E-state index in [1.54, 1.807) is 0 Å². The molecule has 0 radical (unpaired) electrons. The number of fused-ring (bicyclic) bond motifs is 10. The topological polar surface area (TPSA) is 48.8 Å². The fourth-order valence-corrected chi connectivity index (χ4v) is 8.74. The minimum absolute atomic E-state index is 0.605. The Bertz CT molecular complexity index is 3450. The molecule has 5 nitrogen and oxygen atoms in total. The van der Waals surface area contributed by atoms with Crippen molar-refractivity contribution in [3.05, 3.63) is 194 Å². The van der Waals surface area contributed by atoms with Crippen molar-refractivity contribution < 1.29 is 4.42 Å². The Kier molecular flexibility index (Phi) is 6.86. The summed E-state index contributed by atoms with van der Waals surface area (Å²) in [5.74, 6) is 0.605. The van der Waals surface area contributed by atoms with E-state index in [4.69, 9.17) is 14.4 Å². The first-order valence-electron chi connectivity index (χ1n) is 19.2. The molecule has 0 fully saturated rings. The second kappa shape index (κ2) is 12.4. The molecule has 266 valence electrons. The number of rotatable bonds is 5. The Labute approximate surface area is 327 Å². The van der Waals surface area contributed by atoms with Crippen LogP contribution in [0.25, 0.3) is 111 Å². The zero-order valence-electron chi connectivity index (χ0n) is 30.7. The second-order valence-electron chi connectivity index (χ2n) is 14.6. The van der Waals surface area contributed by atoms with E-state index in [0.717, 1.165) is 83.1 Å². The van der Waals surface area contributed by atoms with Gasteiger partial charge in [-0.25, -0.2) is 9.97 Å². The minimum atomic E-state index is 0.605. The molecule has 0 amide bonds. The summed E-state index contributed by atoms with van der Waals surface area (Å²) in [4.78, 5) is 10.6. The van der Waals surface area contributed by atoms with Crippen molar-refractivity contribution in [2.45, 2.75) is 0 Å². The molecule has 4 heterocycles. The van der Waals surface area contributed by atoms with Gasteiger partial charge in [0.25, 0.3) is 0 Å². The molecule has 0 atom stereocenters. The summed E-state index contributed by atoms with van der Waals surface area (Å²) in [7, 11) is 0. The zero-order chi connectivity index (χ0) is 37.5. The average molecular weight is 729 g/mol. The molecule has 0 N–H and O–H groups in total. The molecule has 0 saturated heterocycles. The first kappa shape index (κ1) is 31.6. The van der Waals surface area contributed by atoms with Crippen molar-refractivity contribution in [1.82, 2.24) is 19.1 Å². The van der Waals surface area contributed by atoms with Gasteiger partial charge in [-0.15, -0.1) is 0 Å². The smallest absolute Gasteiger partial charge is 0.235 e. The SMILES string of the molecule is c1ccc(-c2cc(-c3ccccc3)nc(-n3c4ccc(-c5ccc6c(c5)c5ccccc5n6-c5ccccc5)cc4c4c5oc6ccccc6c5ccc43)n2)cc1. The van der Waals surface area contributed by atoms with Crippen molar-refractivity contribution in [3.8, 4) is 45.3 Å². The summed E-state index contributed by atoms with van der Waals surface area (Å²) < 4.78 is 11.3. The lowest BCUT2D eigenvalue weighted by atomic mass is 10.00. The second-order valence-corrected chi connectivity index (χ2v) is 14.6. The van der Waals surface area contributed by atoms with Gasteiger partial charge in [0.1, 0.15) is 11.2 Å². The predicted molar refractivity (Wildman–Crippen MR) is 234 cm³/mol. The van der Waals surface area contributed by atoms with E-state index in [0.29, 0.717) is 5.95 Å². The van der Waals surface area contributed by atoms with Crippen LogP contribution >= 0.6 is 0 Å². The fourth-order valence-electron chi connectivity index (χ4n) is 8.74. The first-order valence-corrected chi connectivity index (χ1v) is 19.2. The van der Waals surface area contributed by atoms with E-state index in [1.165, 1.54) is 21.8 Å². The highest BCUT2D eigenvalue weighted by Gasteiger charge is 2.22. The maximum atomic E-state index is 6.75. The van der Waals surface area contributed by atoms with Crippen LogP contribution in [0.5, 0.6) is 0 Å². The van der Waals surface area contributed by atoms with Crippen molar-refractivity contribution >= 4 is 65.6 Å². The van der Waals surface area contributed by atoms with Crippen molar-refractivity contribution in [2.75, 3.05) is 0 Å². The van der Waals surface area contributed by atoms with Crippen LogP contribution in [0.3, 0.4) is 0 Å². The predicted octanol–water partition coefficient (Wildman–Crippen LogP) is 13.6. The summed E-state index contributed by atoms with van der Waals surface area (Å²) in [5.41, 5.74) is 13.3. The van der Waals surface area contributed by atoms with E-state index >= 15 is 0 Å². The van der Waals surface area contributed by atoms with Crippen molar-refractivity contribution in [3.63, 3.8) is 0 Å². The Balaban J connectivity index is 1.13. The largest absolute Gasteiger partial charge is 0.455 e. The van der Waals surface area contributed by atoms with Gasteiger partial charge in [-0.2, -0.15) is 0 Å². The number of hydrogen-bond acceptors (Lipinski definition) is 3. The summed E-state index contributed by atoms with van der Waals surface area (Å²) >= 11 is 0. The summed E-state index contributed by atoms with van der Waals surface area (Å²) in [6.07, 6.45) is 0. The van der Waals surface area contributed by atoms with Crippen LogP contribution in [0.2, 0.25) is 0 Å². The molecule has 0 unspecified atom stereocenters. The average Bonchev–Trinajstić information content (AvgIpc) is 3.94. The quantitative estimate of drug-likeness (QED) is 0.177. The van der Waals surface area contributed by atoms with Gasteiger partial charge < -0.3 is 8.98 Å². The van der Waals surface area contributed by atoms with E-state index in [1.807, 2.05) is 24.3 Å². The maximum absolute atomic E-state index is 6.75. The number of nitrogens with zero attached hydrogens (tertiary/aromatic N) is 4. The zero-order valence-corrected chi connectivity index (χ0v) is 30.7. The minimum Gasteiger partial charge on any atom is -0.455 e. The Morgan fingerprint density at radius 2 is 0.895 bits per heavy atom. The van der Waals surface area contributed by atoms with Crippen molar-refractivity contribution in [2.24, 2.45) is 0 Å². The highest BCUT2D eigenvalue weighted by molar-refractivity contribution is 6.24. The molecule has 0 aliphatic rings. The molecular weight excluding hydrogens is 697 g/mol. The first-order chi connectivity index (χ1) is 28.3. The number of para-hydroxylation sites is 3. The van der Waals surface area contributed by atoms with Gasteiger partial charge in [0.2, 0.25) is 5.95 Å². The lowest BCUT2D eigenvalue weighted by Crippen LogP contribution is -2.04. The van der Waals surface area contributed by atoms with Gasteiger partial charge in [-0.3, -0.25) is 4.57 Å². The normalized spacial score (nSPS) is 11.9. The number of hydrogen-bond donors (Lipinski definition) is 0. The third-order valence-electron chi connectivity index (χ3n) is 11.3. The van der Waals surface area contributed by atoms with E-state index < -0.39 is 0 Å². The summed E-state index contributed by atoms with van der Waals surface area (Å²) in [6, 6.07) is 68.3. The Morgan fingerprint density at radius 1 is 0.351 bits per heavy atom. The Hall–Kier alpha value is -7.76. The van der Waals surface area contributed by atoms with E-state index in [9.17, 15) is 0 Å². The molecule has 0 saturated carbocycles. The van der Waals surface area contributed by atoms with Crippen LogP contribution in [-0.4, -0.2) is 19.1 Å². The molecule has 12 aromatic rings. The Morgan fingerprint density at radius 3 is 1.60 bits per heavy atom. The molecule has 0 bridgehead atoms. The van der Waals surface area contributed by atoms with Gasteiger partial charge in [0, 0.05) is 43.7 Å². The highest BCUT2D eigenvalue weighted by atomic mass is 16.3. The molecule has 0 aliphatic heterocycles. The third kappa shape index (κ3) is 4.89. The van der Waals surface area contributed by atoms with Crippen LogP contribution in [-0.2, 0) is 0 Å². The van der Waals surface area contributed by atoms with Crippen LogP contribution in [0.15, 0.2) is 199 Å². The summed E-state index contributed by atoms with van der Waals surface area (Å²) in [5, 5.41) is 6.74.